The van der Waals surface area contributed by atoms with Crippen LogP contribution in [0.4, 0.5) is 5.69 Å². The zero-order valence-electron chi connectivity index (χ0n) is 8.42. The Balaban J connectivity index is 2.37. The van der Waals surface area contributed by atoms with Crippen LogP contribution in [0.2, 0.25) is 0 Å². The molecule has 0 saturated heterocycles. The minimum absolute atomic E-state index is 0.168. The van der Waals surface area contributed by atoms with Gasteiger partial charge in [0.15, 0.2) is 0 Å². The molecule has 2 heterocycles. The highest BCUT2D eigenvalue weighted by molar-refractivity contribution is 5.33. The van der Waals surface area contributed by atoms with Gasteiger partial charge in [0.25, 0.3) is 5.56 Å². The summed E-state index contributed by atoms with van der Waals surface area (Å²) in [5, 5.41) is 0. The molecule has 0 aliphatic rings. The summed E-state index contributed by atoms with van der Waals surface area (Å²) in [6.45, 7) is 0.486. The summed E-state index contributed by atoms with van der Waals surface area (Å²) in [7, 11) is 1.89. The van der Waals surface area contributed by atoms with E-state index in [-0.39, 0.29) is 11.2 Å². The van der Waals surface area contributed by atoms with Crippen LogP contribution >= 0.6 is 0 Å². The second kappa shape index (κ2) is 3.61. The molecule has 2 rings (SSSR count). The van der Waals surface area contributed by atoms with Gasteiger partial charge >= 0.3 is 0 Å². The van der Waals surface area contributed by atoms with Crippen LogP contribution < -0.4 is 11.3 Å². The highest BCUT2D eigenvalue weighted by Crippen LogP contribution is 2.00. The quantitative estimate of drug-likeness (QED) is 0.760. The molecule has 0 bridgehead atoms. The molecule has 0 aromatic carbocycles. The van der Waals surface area contributed by atoms with Crippen LogP contribution in [0.1, 0.15) is 5.69 Å². The lowest BCUT2D eigenvalue weighted by Gasteiger charge is -2.06. The summed E-state index contributed by atoms with van der Waals surface area (Å²) in [4.78, 5) is 15.6. The topological polar surface area (TPSA) is 65.8 Å². The molecule has 0 unspecified atom stereocenters. The third-order valence-corrected chi connectivity index (χ3v) is 2.30. The molecular formula is C10H12N4O. The van der Waals surface area contributed by atoms with Gasteiger partial charge in [-0.05, 0) is 12.1 Å². The Bertz CT molecular complexity index is 526. The Labute approximate surface area is 86.8 Å². The maximum Gasteiger partial charge on any atom is 0.274 e. The van der Waals surface area contributed by atoms with Crippen molar-refractivity contribution in [2.75, 3.05) is 5.73 Å². The standard InChI is InChI=1S/C10H12N4O/c1-13-7-12-5-8(13)6-14-4-2-3-9(11)10(14)15/h2-5,7H,6,11H2,1H3. The molecule has 2 aromatic rings. The van der Waals surface area contributed by atoms with E-state index < -0.39 is 0 Å². The van der Waals surface area contributed by atoms with Gasteiger partial charge in [0.2, 0.25) is 0 Å². The molecule has 5 heteroatoms. The number of hydrogen-bond acceptors (Lipinski definition) is 3. The fourth-order valence-electron chi connectivity index (χ4n) is 1.39. The highest BCUT2D eigenvalue weighted by Gasteiger charge is 2.02. The normalized spacial score (nSPS) is 10.5. The second-order valence-electron chi connectivity index (χ2n) is 3.39. The molecule has 0 saturated carbocycles. The number of nitrogen functional groups attached to an aromatic ring is 1. The zero-order valence-corrected chi connectivity index (χ0v) is 8.42. The number of imidazole rings is 1. The van der Waals surface area contributed by atoms with Crippen molar-refractivity contribution in [1.29, 1.82) is 0 Å². The average molecular weight is 204 g/mol. The molecule has 0 aliphatic heterocycles. The van der Waals surface area contributed by atoms with Gasteiger partial charge in [0, 0.05) is 19.4 Å². The van der Waals surface area contributed by atoms with Crippen LogP contribution in [0.15, 0.2) is 35.6 Å². The Morgan fingerprint density at radius 3 is 3.00 bits per heavy atom. The van der Waals surface area contributed by atoms with Crippen molar-refractivity contribution in [1.82, 2.24) is 14.1 Å². The number of nitrogens with two attached hydrogens (primary N) is 1. The van der Waals surface area contributed by atoms with Crippen LogP contribution in [0, 0.1) is 0 Å². The van der Waals surface area contributed by atoms with Crippen molar-refractivity contribution in [3.05, 3.63) is 46.9 Å². The molecule has 0 aliphatic carbocycles. The van der Waals surface area contributed by atoms with Gasteiger partial charge in [-0.2, -0.15) is 0 Å². The Morgan fingerprint density at radius 2 is 2.33 bits per heavy atom. The van der Waals surface area contributed by atoms with Gasteiger partial charge in [-0.25, -0.2) is 4.98 Å². The minimum Gasteiger partial charge on any atom is -0.394 e. The number of rotatable bonds is 2. The predicted octanol–water partition coefficient (Wildman–Crippen LogP) is 0.212. The van der Waals surface area contributed by atoms with E-state index in [1.54, 1.807) is 35.4 Å². The molecule has 2 aromatic heterocycles. The lowest BCUT2D eigenvalue weighted by molar-refractivity contribution is 0.701. The molecule has 78 valence electrons. The summed E-state index contributed by atoms with van der Waals surface area (Å²) in [5.41, 5.74) is 6.59. The van der Waals surface area contributed by atoms with Gasteiger partial charge in [0.1, 0.15) is 0 Å². The molecule has 5 nitrogen and oxygen atoms in total. The maximum absolute atomic E-state index is 11.6. The van der Waals surface area contributed by atoms with Crippen molar-refractivity contribution >= 4 is 5.69 Å². The van der Waals surface area contributed by atoms with E-state index in [1.807, 2.05) is 11.6 Å². The Morgan fingerprint density at radius 1 is 1.53 bits per heavy atom. The smallest absolute Gasteiger partial charge is 0.274 e. The first kappa shape index (κ1) is 9.51. The summed E-state index contributed by atoms with van der Waals surface area (Å²) in [5.74, 6) is 0. The zero-order chi connectivity index (χ0) is 10.8. The first-order valence-electron chi connectivity index (χ1n) is 4.58. The van der Waals surface area contributed by atoms with Gasteiger partial charge in [0.05, 0.1) is 24.3 Å². The Kier molecular flexibility index (Phi) is 2.29. The summed E-state index contributed by atoms with van der Waals surface area (Å²) < 4.78 is 3.43. The largest absolute Gasteiger partial charge is 0.394 e. The lowest BCUT2D eigenvalue weighted by Crippen LogP contribution is -2.23. The van der Waals surface area contributed by atoms with Crippen molar-refractivity contribution in [2.24, 2.45) is 7.05 Å². The maximum atomic E-state index is 11.6. The SMILES string of the molecule is Cn1cncc1Cn1cccc(N)c1=O. The fourth-order valence-corrected chi connectivity index (χ4v) is 1.39. The number of aryl methyl sites for hydroxylation is 1. The lowest BCUT2D eigenvalue weighted by atomic mass is 10.4. The number of hydrogen-bond donors (Lipinski definition) is 1. The molecule has 0 atom stereocenters. The summed E-state index contributed by atoms with van der Waals surface area (Å²) in [6, 6.07) is 3.36. The van der Waals surface area contributed by atoms with E-state index in [4.69, 9.17) is 5.73 Å². The second-order valence-corrected chi connectivity index (χ2v) is 3.39. The predicted molar refractivity (Wildman–Crippen MR) is 57.4 cm³/mol. The van der Waals surface area contributed by atoms with Crippen molar-refractivity contribution in [3.8, 4) is 0 Å². The molecular weight excluding hydrogens is 192 g/mol. The van der Waals surface area contributed by atoms with E-state index in [0.717, 1.165) is 5.69 Å². The minimum atomic E-state index is -0.168. The van der Waals surface area contributed by atoms with Gasteiger partial charge in [-0.3, -0.25) is 4.79 Å². The van der Waals surface area contributed by atoms with E-state index in [1.165, 1.54) is 0 Å². The highest BCUT2D eigenvalue weighted by atomic mass is 16.1. The van der Waals surface area contributed by atoms with Crippen molar-refractivity contribution < 1.29 is 0 Å². The van der Waals surface area contributed by atoms with E-state index in [2.05, 4.69) is 4.98 Å². The molecule has 0 radical (unpaired) electrons. The van der Waals surface area contributed by atoms with Crippen LogP contribution in [-0.2, 0) is 13.6 Å². The molecule has 2 N–H and O–H groups in total. The van der Waals surface area contributed by atoms with Crippen LogP contribution in [0.5, 0.6) is 0 Å². The van der Waals surface area contributed by atoms with E-state index >= 15 is 0 Å². The van der Waals surface area contributed by atoms with Crippen LogP contribution in [-0.4, -0.2) is 14.1 Å². The summed E-state index contributed by atoms with van der Waals surface area (Å²) >= 11 is 0. The fraction of sp³-hybridized carbons (Fsp3) is 0.200. The molecule has 15 heavy (non-hydrogen) atoms. The monoisotopic (exact) mass is 204 g/mol. The van der Waals surface area contributed by atoms with Gasteiger partial charge in [-0.15, -0.1) is 0 Å². The van der Waals surface area contributed by atoms with Crippen molar-refractivity contribution in [3.63, 3.8) is 0 Å². The third kappa shape index (κ3) is 1.76. The van der Waals surface area contributed by atoms with E-state index in [9.17, 15) is 4.79 Å². The number of aromatic nitrogens is 3. The van der Waals surface area contributed by atoms with E-state index in [0.29, 0.717) is 6.54 Å². The van der Waals surface area contributed by atoms with Crippen LogP contribution in [0.25, 0.3) is 0 Å². The summed E-state index contributed by atoms with van der Waals surface area (Å²) in [6.07, 6.45) is 5.15. The Hall–Kier alpha value is -2.04. The molecule has 0 spiro atoms. The van der Waals surface area contributed by atoms with Crippen molar-refractivity contribution in [2.45, 2.75) is 6.54 Å². The average Bonchev–Trinajstić information content (AvgIpc) is 2.60. The number of anilines is 1. The van der Waals surface area contributed by atoms with Crippen LogP contribution in [0.3, 0.4) is 0 Å². The third-order valence-electron chi connectivity index (χ3n) is 2.30. The number of pyridine rings is 1. The molecule has 0 fully saturated rings. The first-order chi connectivity index (χ1) is 7.18. The number of nitrogens with zero attached hydrogens (tertiary/aromatic N) is 3. The first-order valence-corrected chi connectivity index (χ1v) is 4.58. The van der Waals surface area contributed by atoms with Gasteiger partial charge < -0.3 is 14.9 Å². The van der Waals surface area contributed by atoms with Gasteiger partial charge in [-0.1, -0.05) is 0 Å². The molecule has 0 amide bonds.